The highest BCUT2D eigenvalue weighted by Crippen LogP contribution is 2.36. The van der Waals surface area contributed by atoms with E-state index in [0.717, 1.165) is 22.3 Å². The summed E-state index contributed by atoms with van der Waals surface area (Å²) in [5.41, 5.74) is 3.97. The first-order valence-electron chi connectivity index (χ1n) is 8.44. The maximum Gasteiger partial charge on any atom is 0.346 e. The fourth-order valence-corrected chi connectivity index (χ4v) is 3.49. The molecule has 0 atom stereocenters. The van der Waals surface area contributed by atoms with Gasteiger partial charge < -0.3 is 9.47 Å². The van der Waals surface area contributed by atoms with Crippen LogP contribution < -0.4 is 0 Å². The van der Waals surface area contributed by atoms with Crippen LogP contribution in [-0.4, -0.2) is 23.9 Å². The number of hydrogen-bond donors (Lipinski definition) is 0. The standard InChI is InChI=1S/C22H10O6/c23-19-15-7-5-11(9-17(15)21(25)27-19)13-3-1-2-4-14(13)12-6-8-16-18(10-12)22(26)28-20(16)24/h1-10H. The van der Waals surface area contributed by atoms with E-state index < -0.39 is 23.9 Å². The second-order valence-electron chi connectivity index (χ2n) is 6.42. The van der Waals surface area contributed by atoms with E-state index in [-0.39, 0.29) is 22.3 Å². The molecule has 0 N–H and O–H groups in total. The van der Waals surface area contributed by atoms with E-state index in [1.807, 2.05) is 24.3 Å². The molecule has 3 aromatic rings. The molecule has 0 spiro atoms. The third-order valence-electron chi connectivity index (χ3n) is 4.84. The summed E-state index contributed by atoms with van der Waals surface area (Å²) in [7, 11) is 0. The first kappa shape index (κ1) is 16.1. The van der Waals surface area contributed by atoms with Crippen molar-refractivity contribution in [3.05, 3.63) is 82.9 Å². The maximum absolute atomic E-state index is 11.9. The van der Waals surface area contributed by atoms with Gasteiger partial charge in [0.05, 0.1) is 22.3 Å². The third kappa shape index (κ3) is 2.28. The summed E-state index contributed by atoms with van der Waals surface area (Å²) in [5.74, 6) is -2.64. The molecule has 2 aliphatic heterocycles. The first-order chi connectivity index (χ1) is 13.5. The Kier molecular flexibility index (Phi) is 3.30. The van der Waals surface area contributed by atoms with Crippen LogP contribution in [0.25, 0.3) is 22.3 Å². The molecule has 28 heavy (non-hydrogen) atoms. The van der Waals surface area contributed by atoms with Gasteiger partial charge in [-0.3, -0.25) is 0 Å². The van der Waals surface area contributed by atoms with E-state index in [1.54, 1.807) is 36.4 Å². The second-order valence-corrected chi connectivity index (χ2v) is 6.42. The van der Waals surface area contributed by atoms with Crippen molar-refractivity contribution >= 4 is 23.9 Å². The first-order valence-corrected chi connectivity index (χ1v) is 8.44. The second kappa shape index (κ2) is 5.72. The molecule has 0 aliphatic carbocycles. The lowest BCUT2D eigenvalue weighted by atomic mass is 9.91. The van der Waals surface area contributed by atoms with E-state index in [2.05, 4.69) is 9.47 Å². The summed E-state index contributed by atoms with van der Waals surface area (Å²) in [6.45, 7) is 0. The SMILES string of the molecule is O=C1OC(=O)c2cc(-c3ccccc3-c3ccc4c(c3)C(=O)OC4=O)ccc21. The van der Waals surface area contributed by atoms with Crippen molar-refractivity contribution in [2.75, 3.05) is 0 Å². The van der Waals surface area contributed by atoms with Gasteiger partial charge in [0.25, 0.3) is 0 Å². The average molecular weight is 370 g/mol. The number of esters is 4. The minimum atomic E-state index is -0.668. The Hall–Kier alpha value is -4.06. The van der Waals surface area contributed by atoms with Crippen molar-refractivity contribution in [3.63, 3.8) is 0 Å². The molecule has 6 heteroatoms. The lowest BCUT2D eigenvalue weighted by molar-refractivity contribution is 0.0425. The summed E-state index contributed by atoms with van der Waals surface area (Å²) < 4.78 is 9.30. The zero-order valence-electron chi connectivity index (χ0n) is 14.2. The van der Waals surface area contributed by atoms with Crippen LogP contribution in [-0.2, 0) is 9.47 Å². The smallest absolute Gasteiger partial charge is 0.346 e. The number of rotatable bonds is 2. The van der Waals surface area contributed by atoms with Gasteiger partial charge in [-0.15, -0.1) is 0 Å². The molecular weight excluding hydrogens is 360 g/mol. The number of cyclic esters (lactones) is 4. The van der Waals surface area contributed by atoms with Crippen LogP contribution in [0, 0.1) is 0 Å². The zero-order chi connectivity index (χ0) is 19.4. The number of carbonyl (C=O) groups is 4. The number of benzene rings is 3. The summed E-state index contributed by atoms with van der Waals surface area (Å²) >= 11 is 0. The monoisotopic (exact) mass is 370 g/mol. The molecule has 0 bridgehead atoms. The fraction of sp³-hybridized carbons (Fsp3) is 0. The van der Waals surface area contributed by atoms with Crippen LogP contribution in [0.4, 0.5) is 0 Å². The molecule has 0 unspecified atom stereocenters. The van der Waals surface area contributed by atoms with E-state index in [0.29, 0.717) is 0 Å². The minimum absolute atomic E-state index is 0.223. The fourth-order valence-electron chi connectivity index (χ4n) is 3.49. The third-order valence-corrected chi connectivity index (χ3v) is 4.84. The molecule has 0 aromatic heterocycles. The predicted molar refractivity (Wildman–Crippen MR) is 96.8 cm³/mol. The summed E-state index contributed by atoms with van der Waals surface area (Å²) in [6.07, 6.45) is 0. The van der Waals surface area contributed by atoms with Crippen LogP contribution in [0.15, 0.2) is 60.7 Å². The summed E-state index contributed by atoms with van der Waals surface area (Å²) in [6, 6.07) is 17.3. The molecule has 0 saturated carbocycles. The quantitative estimate of drug-likeness (QED) is 0.506. The highest BCUT2D eigenvalue weighted by atomic mass is 16.6. The Labute approximate surface area is 158 Å². The number of carbonyl (C=O) groups excluding carboxylic acids is 4. The van der Waals surface area contributed by atoms with Gasteiger partial charge in [0.2, 0.25) is 0 Å². The Bertz CT molecular complexity index is 1140. The molecular formula is C22H10O6. The van der Waals surface area contributed by atoms with Gasteiger partial charge in [0.1, 0.15) is 0 Å². The van der Waals surface area contributed by atoms with Gasteiger partial charge in [0.15, 0.2) is 0 Å². The van der Waals surface area contributed by atoms with Crippen molar-refractivity contribution in [3.8, 4) is 22.3 Å². The molecule has 0 radical (unpaired) electrons. The van der Waals surface area contributed by atoms with E-state index in [1.165, 1.54) is 0 Å². The number of hydrogen-bond acceptors (Lipinski definition) is 6. The molecule has 134 valence electrons. The van der Waals surface area contributed by atoms with Gasteiger partial charge in [-0.2, -0.15) is 0 Å². The van der Waals surface area contributed by atoms with Gasteiger partial charge >= 0.3 is 23.9 Å². The van der Waals surface area contributed by atoms with Crippen molar-refractivity contribution in [2.45, 2.75) is 0 Å². The topological polar surface area (TPSA) is 86.7 Å². The van der Waals surface area contributed by atoms with Crippen LogP contribution >= 0.6 is 0 Å². The van der Waals surface area contributed by atoms with Gasteiger partial charge in [-0.1, -0.05) is 36.4 Å². The normalized spacial score (nSPS) is 14.6. The van der Waals surface area contributed by atoms with Gasteiger partial charge in [0, 0.05) is 0 Å². The Morgan fingerprint density at radius 3 is 1.25 bits per heavy atom. The molecule has 6 nitrogen and oxygen atoms in total. The van der Waals surface area contributed by atoms with E-state index in [9.17, 15) is 19.2 Å². The van der Waals surface area contributed by atoms with Crippen molar-refractivity contribution < 1.29 is 28.7 Å². The average Bonchev–Trinajstić information content (AvgIpc) is 3.16. The lowest BCUT2D eigenvalue weighted by Gasteiger charge is -2.11. The van der Waals surface area contributed by atoms with Crippen LogP contribution in [0.5, 0.6) is 0 Å². The van der Waals surface area contributed by atoms with Crippen molar-refractivity contribution in [1.29, 1.82) is 0 Å². The minimum Gasteiger partial charge on any atom is -0.386 e. The summed E-state index contributed by atoms with van der Waals surface area (Å²) in [5, 5.41) is 0. The highest BCUT2D eigenvalue weighted by molar-refractivity contribution is 6.16. The molecule has 3 aromatic carbocycles. The molecule has 0 amide bonds. The molecule has 0 fully saturated rings. The number of ether oxygens (including phenoxy) is 2. The lowest BCUT2D eigenvalue weighted by Crippen LogP contribution is -1.97. The maximum atomic E-state index is 11.9. The Balaban J connectivity index is 1.66. The van der Waals surface area contributed by atoms with Crippen LogP contribution in [0.3, 0.4) is 0 Å². The van der Waals surface area contributed by atoms with Crippen molar-refractivity contribution in [1.82, 2.24) is 0 Å². The van der Waals surface area contributed by atoms with Gasteiger partial charge in [-0.25, -0.2) is 19.2 Å². The predicted octanol–water partition coefficient (Wildman–Crippen LogP) is 3.64. The van der Waals surface area contributed by atoms with E-state index in [4.69, 9.17) is 0 Å². The van der Waals surface area contributed by atoms with Gasteiger partial charge in [-0.05, 0) is 46.5 Å². The molecule has 5 rings (SSSR count). The Morgan fingerprint density at radius 2 is 0.821 bits per heavy atom. The molecule has 2 aliphatic rings. The van der Waals surface area contributed by atoms with E-state index >= 15 is 0 Å². The molecule has 0 saturated heterocycles. The summed E-state index contributed by atoms with van der Waals surface area (Å²) in [4.78, 5) is 47.1. The Morgan fingerprint density at radius 1 is 0.429 bits per heavy atom. The molecule has 2 heterocycles. The zero-order valence-corrected chi connectivity index (χ0v) is 14.2. The van der Waals surface area contributed by atoms with Crippen LogP contribution in [0.2, 0.25) is 0 Å². The van der Waals surface area contributed by atoms with Crippen LogP contribution in [0.1, 0.15) is 41.4 Å². The number of fused-ring (bicyclic) bond motifs is 2. The van der Waals surface area contributed by atoms with Crippen molar-refractivity contribution in [2.24, 2.45) is 0 Å². The largest absolute Gasteiger partial charge is 0.386 e. The highest BCUT2D eigenvalue weighted by Gasteiger charge is 2.31.